The molecule has 0 aliphatic carbocycles. The number of methoxy groups -OCH3 is 2. The third-order valence-electron chi connectivity index (χ3n) is 3.30. The molecule has 188 valence electrons. The molecule has 1 aromatic rings. The number of hydrogen-bond acceptors (Lipinski definition) is 17. The van der Waals surface area contributed by atoms with Gasteiger partial charge in [-0.25, -0.2) is 37.3 Å². The Morgan fingerprint density at radius 3 is 1.24 bits per heavy atom. The first-order valence-corrected chi connectivity index (χ1v) is 11.2. The molecule has 33 heavy (non-hydrogen) atoms. The monoisotopic (exact) mass is 573 g/mol. The Morgan fingerprint density at radius 1 is 0.636 bits per heavy atom. The number of nitrogens with one attached hydrogen (secondary N) is 3. The van der Waals surface area contributed by atoms with Crippen LogP contribution in [0.15, 0.2) is 0 Å². The molecule has 1 aliphatic heterocycles. The predicted octanol–water partition coefficient (Wildman–Crippen LogP) is -11.0. The van der Waals surface area contributed by atoms with Gasteiger partial charge in [0, 0.05) is 52.4 Å². The Labute approximate surface area is 207 Å². The van der Waals surface area contributed by atoms with E-state index < -0.39 is 20.5 Å². The average Bonchev–Trinajstić information content (AvgIpc) is 2.65. The predicted molar refractivity (Wildman–Crippen MR) is 83.8 cm³/mol. The van der Waals surface area contributed by atoms with E-state index in [9.17, 15) is 0 Å². The van der Waals surface area contributed by atoms with E-state index in [4.69, 9.17) is 46.7 Å². The maximum atomic E-state index is 8.49. The number of ether oxygens (including phenoxy) is 2. The average molecular weight is 576 g/mol. The molecule has 2 heterocycles. The Morgan fingerprint density at radius 2 is 0.939 bits per heavy atom. The molecule has 0 bridgehead atoms. The van der Waals surface area contributed by atoms with E-state index in [1.165, 1.54) is 14.2 Å². The van der Waals surface area contributed by atoms with Crippen LogP contribution in [-0.2, 0) is 19.5 Å². The summed E-state index contributed by atoms with van der Waals surface area (Å²) < 4.78 is 78.2. The van der Waals surface area contributed by atoms with Gasteiger partial charge in [-0.3, -0.25) is 0 Å². The SMILES string of the molecule is COc1nc(OC)nc(N2CCNCCNCCNCC2)n1.[O-][Cl+3]([O-])([O-])[O-].[O-][Cl+3]([O-])([O-])[O-].[Zn+2]. The Kier molecular flexibility index (Phi) is 19.2. The van der Waals surface area contributed by atoms with Crippen LogP contribution in [0.2, 0.25) is 0 Å². The number of anilines is 1. The number of rotatable bonds is 3. The summed E-state index contributed by atoms with van der Waals surface area (Å²) in [6, 6.07) is 0.524. The summed E-state index contributed by atoms with van der Waals surface area (Å²) >= 11 is 0. The Bertz CT molecular complexity index is 572. The van der Waals surface area contributed by atoms with Crippen LogP contribution >= 0.6 is 0 Å². The van der Waals surface area contributed by atoms with Gasteiger partial charge in [0.15, 0.2) is 0 Å². The van der Waals surface area contributed by atoms with Gasteiger partial charge in [0.2, 0.25) is 5.95 Å². The minimum atomic E-state index is -4.94. The molecule has 2 rings (SSSR count). The molecule has 0 spiro atoms. The van der Waals surface area contributed by atoms with E-state index >= 15 is 0 Å². The number of hydrogen-bond donors (Lipinski definition) is 3. The number of halogens is 2. The van der Waals surface area contributed by atoms with E-state index in [1.54, 1.807) is 0 Å². The van der Waals surface area contributed by atoms with Crippen molar-refractivity contribution in [2.45, 2.75) is 0 Å². The van der Waals surface area contributed by atoms with Crippen molar-refractivity contribution >= 4 is 5.95 Å². The summed E-state index contributed by atoms with van der Waals surface area (Å²) in [6.45, 7) is 7.14. The van der Waals surface area contributed by atoms with Gasteiger partial charge in [-0.05, 0) is 0 Å². The second-order valence-corrected chi connectivity index (χ2v) is 7.11. The zero-order valence-electron chi connectivity index (χ0n) is 18.0. The summed E-state index contributed by atoms with van der Waals surface area (Å²) in [4.78, 5) is 14.8. The van der Waals surface area contributed by atoms with Gasteiger partial charge in [0.25, 0.3) is 0 Å². The molecule has 0 unspecified atom stereocenters. The fourth-order valence-electron chi connectivity index (χ4n) is 2.12. The fourth-order valence-corrected chi connectivity index (χ4v) is 2.12. The first-order chi connectivity index (χ1) is 14.8. The van der Waals surface area contributed by atoms with Crippen molar-refractivity contribution < 1.29 is 86.7 Å². The molecule has 1 aromatic heterocycles. The molecule has 20 heteroatoms. The smallest absolute Gasteiger partial charge is 0.467 e. The van der Waals surface area contributed by atoms with Gasteiger partial charge < -0.3 is 30.3 Å². The summed E-state index contributed by atoms with van der Waals surface area (Å²) in [6.07, 6.45) is 0. The van der Waals surface area contributed by atoms with Gasteiger partial charge >= 0.3 is 31.5 Å². The molecular weight excluding hydrogens is 550 g/mol. The molecule has 0 aromatic carbocycles. The summed E-state index contributed by atoms with van der Waals surface area (Å²) in [5, 5.41) is 10.2. The van der Waals surface area contributed by atoms with Gasteiger partial charge in [-0.2, -0.15) is 9.97 Å². The summed E-state index contributed by atoms with van der Waals surface area (Å²) in [7, 11) is -6.82. The van der Waals surface area contributed by atoms with Crippen molar-refractivity contribution in [2.75, 3.05) is 71.5 Å². The van der Waals surface area contributed by atoms with Gasteiger partial charge in [-0.1, -0.05) is 0 Å². The van der Waals surface area contributed by atoms with Crippen molar-refractivity contribution in [3.63, 3.8) is 0 Å². The maximum Gasteiger partial charge on any atom is 2.00 e. The molecule has 1 aliphatic rings. The topological polar surface area (TPSA) is 281 Å². The number of aromatic nitrogens is 3. The molecule has 0 saturated carbocycles. The van der Waals surface area contributed by atoms with Crippen LogP contribution in [0, 0.1) is 20.5 Å². The van der Waals surface area contributed by atoms with Crippen LogP contribution in [0.1, 0.15) is 0 Å². The van der Waals surface area contributed by atoms with E-state index in [0.29, 0.717) is 5.95 Å². The second kappa shape index (κ2) is 18.5. The minimum Gasteiger partial charge on any atom is -0.467 e. The van der Waals surface area contributed by atoms with Crippen LogP contribution in [0.4, 0.5) is 5.95 Å². The first-order valence-electron chi connectivity index (χ1n) is 8.78. The van der Waals surface area contributed by atoms with E-state index in [0.717, 1.165) is 52.4 Å². The molecule has 0 amide bonds. The van der Waals surface area contributed by atoms with Crippen LogP contribution in [0.25, 0.3) is 0 Å². The first kappa shape index (κ1) is 34.3. The normalized spacial score (nSPS) is 15.8. The van der Waals surface area contributed by atoms with Crippen molar-refractivity contribution in [3.05, 3.63) is 0 Å². The standard InChI is InChI=1S/C13H25N7O2.2ClHO4.Zn/c1-21-12-17-11(18-13(19-12)22-2)20-9-7-15-5-3-14-4-6-16-8-10-20;2*2-1(3,4)5;/h14-16H,3-10H2,1-2H3;2*(H,2,3,4,5);/q;;;+2/p-2. The fraction of sp³-hybridized carbons (Fsp3) is 0.769. The van der Waals surface area contributed by atoms with Gasteiger partial charge in [-0.15, -0.1) is 25.5 Å². The van der Waals surface area contributed by atoms with E-state index in [1.807, 2.05) is 0 Å². The van der Waals surface area contributed by atoms with Gasteiger partial charge in [0.1, 0.15) is 0 Å². The zero-order valence-corrected chi connectivity index (χ0v) is 22.5. The Hall–Kier alpha value is -0.827. The van der Waals surface area contributed by atoms with Crippen LogP contribution in [0.3, 0.4) is 0 Å². The third kappa shape index (κ3) is 24.1. The molecule has 1 saturated heterocycles. The van der Waals surface area contributed by atoms with Crippen molar-refractivity contribution in [2.24, 2.45) is 0 Å². The largest absolute Gasteiger partial charge is 2.00 e. The summed E-state index contributed by atoms with van der Waals surface area (Å²) in [5.74, 6) is 0.572. The van der Waals surface area contributed by atoms with Crippen LogP contribution in [0.5, 0.6) is 12.0 Å². The quantitative estimate of drug-likeness (QED) is 0.282. The summed E-state index contributed by atoms with van der Waals surface area (Å²) in [5.41, 5.74) is 0. The molecule has 1 fully saturated rings. The molecule has 17 nitrogen and oxygen atoms in total. The molecule has 0 atom stereocenters. The third-order valence-corrected chi connectivity index (χ3v) is 3.30. The second-order valence-electron chi connectivity index (χ2n) is 5.60. The van der Waals surface area contributed by atoms with Crippen molar-refractivity contribution in [3.8, 4) is 12.0 Å². The van der Waals surface area contributed by atoms with E-state index in [-0.39, 0.29) is 31.5 Å². The van der Waals surface area contributed by atoms with Crippen LogP contribution in [-0.4, -0.2) is 81.5 Å². The van der Waals surface area contributed by atoms with Crippen LogP contribution < -0.4 is 67.6 Å². The zero-order chi connectivity index (χ0) is 24.6. The molecule has 0 radical (unpaired) electrons. The van der Waals surface area contributed by atoms with E-state index in [2.05, 4.69) is 35.8 Å². The van der Waals surface area contributed by atoms with Gasteiger partial charge in [0.05, 0.1) is 14.2 Å². The molecular formula is C13H25Cl2N7O10Zn. The number of nitrogens with zero attached hydrogens (tertiary/aromatic N) is 4. The molecule has 3 N–H and O–H groups in total. The van der Waals surface area contributed by atoms with Crippen molar-refractivity contribution in [1.29, 1.82) is 0 Å². The Balaban J connectivity index is 0. The minimum absolute atomic E-state index is 0. The maximum absolute atomic E-state index is 8.49. The van der Waals surface area contributed by atoms with Crippen molar-refractivity contribution in [1.82, 2.24) is 30.9 Å².